The molecule has 0 heterocycles. The predicted molar refractivity (Wildman–Crippen MR) is 112 cm³/mol. The van der Waals surface area contributed by atoms with Gasteiger partial charge in [-0.25, -0.2) is 18.1 Å². The Labute approximate surface area is 178 Å². The van der Waals surface area contributed by atoms with Crippen molar-refractivity contribution in [2.24, 2.45) is 5.10 Å². The minimum Gasteiger partial charge on any atom is -0.343 e. The quantitative estimate of drug-likeness (QED) is 0.491. The molecule has 0 radical (unpaired) electrons. The van der Waals surface area contributed by atoms with Gasteiger partial charge in [-0.1, -0.05) is 29.3 Å². The molecule has 2 N–H and O–H groups in total. The molecule has 0 bridgehead atoms. The van der Waals surface area contributed by atoms with Gasteiger partial charge in [0.25, 0.3) is 11.8 Å². The summed E-state index contributed by atoms with van der Waals surface area (Å²) in [6, 6.07) is 10.3. The fourth-order valence-electron chi connectivity index (χ4n) is 2.09. The number of hydrogen-bond donors (Lipinski definition) is 2. The molecule has 154 valence electrons. The summed E-state index contributed by atoms with van der Waals surface area (Å²) >= 11 is 12.0. The van der Waals surface area contributed by atoms with E-state index in [1.165, 1.54) is 44.6 Å². The molecule has 11 heteroatoms. The molecule has 2 rings (SSSR count). The third kappa shape index (κ3) is 6.01. The summed E-state index contributed by atoms with van der Waals surface area (Å²) in [4.78, 5) is 24.0. The van der Waals surface area contributed by atoms with Crippen LogP contribution in [0.2, 0.25) is 10.0 Å². The van der Waals surface area contributed by atoms with Gasteiger partial charge in [-0.15, -0.1) is 0 Å². The van der Waals surface area contributed by atoms with Crippen LogP contribution in [0.5, 0.6) is 0 Å². The molecule has 2 aromatic rings. The SMILES string of the molecule is CN(C)S(=O)(=O)c1ccc(C(=O)NCC(=O)NN=Cc2c(Cl)cccc2Cl)cc1. The van der Waals surface area contributed by atoms with E-state index in [1.807, 2.05) is 0 Å². The number of rotatable bonds is 7. The van der Waals surface area contributed by atoms with E-state index in [-0.39, 0.29) is 17.0 Å². The van der Waals surface area contributed by atoms with Crippen molar-refractivity contribution in [1.82, 2.24) is 15.0 Å². The van der Waals surface area contributed by atoms with Crippen LogP contribution < -0.4 is 10.7 Å². The summed E-state index contributed by atoms with van der Waals surface area (Å²) in [5.74, 6) is -1.10. The first-order chi connectivity index (χ1) is 13.6. The third-order valence-corrected chi connectivity index (χ3v) is 6.18. The summed E-state index contributed by atoms with van der Waals surface area (Å²) in [5, 5.41) is 6.92. The molecule has 8 nitrogen and oxygen atoms in total. The van der Waals surface area contributed by atoms with Crippen LogP contribution in [-0.2, 0) is 14.8 Å². The average Bonchev–Trinajstić information content (AvgIpc) is 2.68. The van der Waals surface area contributed by atoms with Gasteiger partial charge in [-0.3, -0.25) is 9.59 Å². The average molecular weight is 457 g/mol. The Bertz CT molecular complexity index is 1020. The van der Waals surface area contributed by atoms with E-state index < -0.39 is 21.8 Å². The van der Waals surface area contributed by atoms with Crippen LogP contribution in [0.3, 0.4) is 0 Å². The number of sulfonamides is 1. The highest BCUT2D eigenvalue weighted by atomic mass is 35.5. The highest BCUT2D eigenvalue weighted by Gasteiger charge is 2.17. The first-order valence-corrected chi connectivity index (χ1v) is 10.4. The second kappa shape index (κ2) is 9.84. The highest BCUT2D eigenvalue weighted by molar-refractivity contribution is 7.89. The molecule has 0 aliphatic heterocycles. The minimum absolute atomic E-state index is 0.0596. The van der Waals surface area contributed by atoms with Crippen LogP contribution in [0, 0.1) is 0 Å². The summed E-state index contributed by atoms with van der Waals surface area (Å²) < 4.78 is 25.1. The molecule has 0 aliphatic rings. The Hall–Kier alpha value is -2.46. The van der Waals surface area contributed by atoms with Crippen LogP contribution in [-0.4, -0.2) is 51.4 Å². The molecule has 0 atom stereocenters. The molecule has 2 aromatic carbocycles. The molecular weight excluding hydrogens is 439 g/mol. The summed E-state index contributed by atoms with van der Waals surface area (Å²) in [5.41, 5.74) is 2.91. The van der Waals surface area contributed by atoms with Crippen LogP contribution >= 0.6 is 23.2 Å². The minimum atomic E-state index is -3.58. The van der Waals surface area contributed by atoms with E-state index in [0.29, 0.717) is 15.6 Å². The third-order valence-electron chi connectivity index (χ3n) is 3.69. The van der Waals surface area contributed by atoms with Gasteiger partial charge in [-0.2, -0.15) is 5.10 Å². The van der Waals surface area contributed by atoms with Gasteiger partial charge >= 0.3 is 0 Å². The van der Waals surface area contributed by atoms with Crippen LogP contribution in [0.15, 0.2) is 52.5 Å². The lowest BCUT2D eigenvalue weighted by atomic mass is 10.2. The Morgan fingerprint density at radius 1 is 1.07 bits per heavy atom. The number of nitrogens with one attached hydrogen (secondary N) is 2. The monoisotopic (exact) mass is 456 g/mol. The lowest BCUT2D eigenvalue weighted by Gasteiger charge is -2.11. The molecule has 0 saturated heterocycles. The molecule has 29 heavy (non-hydrogen) atoms. The van der Waals surface area contributed by atoms with Crippen molar-refractivity contribution in [2.45, 2.75) is 4.90 Å². The predicted octanol–water partition coefficient (Wildman–Crippen LogP) is 2.12. The number of amides is 2. The maximum Gasteiger partial charge on any atom is 0.259 e. The Kier molecular flexibility index (Phi) is 7.74. The van der Waals surface area contributed by atoms with Gasteiger partial charge in [0, 0.05) is 25.2 Å². The Morgan fingerprint density at radius 2 is 1.66 bits per heavy atom. The molecule has 0 aliphatic carbocycles. The number of hydrogen-bond acceptors (Lipinski definition) is 5. The van der Waals surface area contributed by atoms with Crippen LogP contribution in [0.4, 0.5) is 0 Å². The Morgan fingerprint density at radius 3 is 2.21 bits per heavy atom. The molecule has 0 spiro atoms. The van der Waals surface area contributed by atoms with E-state index in [0.717, 1.165) is 4.31 Å². The maximum atomic E-state index is 12.1. The van der Waals surface area contributed by atoms with Crippen molar-refractivity contribution >= 4 is 51.3 Å². The van der Waals surface area contributed by atoms with Gasteiger partial charge in [0.2, 0.25) is 10.0 Å². The molecular formula is C18H18Cl2N4O4S. The number of hydrazone groups is 1. The maximum absolute atomic E-state index is 12.1. The van der Waals surface area contributed by atoms with Crippen molar-refractivity contribution < 1.29 is 18.0 Å². The van der Waals surface area contributed by atoms with Gasteiger partial charge in [0.15, 0.2) is 0 Å². The van der Waals surface area contributed by atoms with E-state index in [1.54, 1.807) is 18.2 Å². The first kappa shape index (κ1) is 22.8. The zero-order valence-electron chi connectivity index (χ0n) is 15.5. The van der Waals surface area contributed by atoms with Crippen molar-refractivity contribution in [2.75, 3.05) is 20.6 Å². The fraction of sp³-hybridized carbons (Fsp3) is 0.167. The standard InChI is InChI=1S/C18H18Cl2N4O4S/c1-24(2)29(27,28)13-8-6-12(7-9-13)18(26)21-11-17(25)23-22-10-14-15(19)4-3-5-16(14)20/h3-10H,11H2,1-2H3,(H,21,26)(H,23,25). The van der Waals surface area contributed by atoms with Crippen LogP contribution in [0.25, 0.3) is 0 Å². The smallest absolute Gasteiger partial charge is 0.259 e. The zero-order valence-corrected chi connectivity index (χ0v) is 17.8. The second-order valence-electron chi connectivity index (χ2n) is 5.92. The number of carbonyl (C=O) groups excluding carboxylic acids is 2. The first-order valence-electron chi connectivity index (χ1n) is 8.19. The number of halogens is 2. The second-order valence-corrected chi connectivity index (χ2v) is 8.89. The fourth-order valence-corrected chi connectivity index (χ4v) is 3.49. The van der Waals surface area contributed by atoms with E-state index in [9.17, 15) is 18.0 Å². The van der Waals surface area contributed by atoms with Gasteiger partial charge in [0.1, 0.15) is 0 Å². The lowest BCUT2D eigenvalue weighted by Crippen LogP contribution is -2.35. The normalized spacial score (nSPS) is 11.6. The Balaban J connectivity index is 1.90. The zero-order chi connectivity index (χ0) is 21.6. The number of carbonyl (C=O) groups is 2. The van der Waals surface area contributed by atoms with Crippen molar-refractivity contribution in [3.05, 3.63) is 63.6 Å². The van der Waals surface area contributed by atoms with E-state index >= 15 is 0 Å². The van der Waals surface area contributed by atoms with E-state index in [4.69, 9.17) is 23.2 Å². The molecule has 0 unspecified atom stereocenters. The van der Waals surface area contributed by atoms with Gasteiger partial charge in [0.05, 0.1) is 27.7 Å². The molecule has 0 saturated carbocycles. The summed E-state index contributed by atoms with van der Waals surface area (Å²) in [6.07, 6.45) is 1.30. The molecule has 2 amide bonds. The van der Waals surface area contributed by atoms with Gasteiger partial charge < -0.3 is 5.32 Å². The largest absolute Gasteiger partial charge is 0.343 e. The van der Waals surface area contributed by atoms with E-state index in [2.05, 4.69) is 15.8 Å². The van der Waals surface area contributed by atoms with Gasteiger partial charge in [-0.05, 0) is 36.4 Å². The van der Waals surface area contributed by atoms with Crippen LogP contribution in [0.1, 0.15) is 15.9 Å². The number of nitrogens with zero attached hydrogens (tertiary/aromatic N) is 2. The molecule has 0 fully saturated rings. The summed E-state index contributed by atoms with van der Waals surface area (Å²) in [6.45, 7) is -0.329. The van der Waals surface area contributed by atoms with Crippen molar-refractivity contribution in [3.8, 4) is 0 Å². The van der Waals surface area contributed by atoms with Crippen molar-refractivity contribution in [1.29, 1.82) is 0 Å². The lowest BCUT2D eigenvalue weighted by molar-refractivity contribution is -0.120. The van der Waals surface area contributed by atoms with Crippen molar-refractivity contribution in [3.63, 3.8) is 0 Å². The number of benzene rings is 2. The summed E-state index contributed by atoms with van der Waals surface area (Å²) in [7, 11) is -0.755. The highest BCUT2D eigenvalue weighted by Crippen LogP contribution is 2.22. The molecule has 0 aromatic heterocycles. The topological polar surface area (TPSA) is 108 Å².